The van der Waals surface area contributed by atoms with Crippen molar-refractivity contribution < 1.29 is 0 Å². The Morgan fingerprint density at radius 2 is 1.35 bits per heavy atom. The van der Waals surface area contributed by atoms with Crippen molar-refractivity contribution in [1.82, 2.24) is 0 Å². The van der Waals surface area contributed by atoms with Crippen molar-refractivity contribution in [2.45, 2.75) is 0 Å². The summed E-state index contributed by atoms with van der Waals surface area (Å²) in [5, 5.41) is 0. The maximum Gasteiger partial charge on any atom is -0.00992 e. The van der Waals surface area contributed by atoms with Gasteiger partial charge in [0.25, 0.3) is 0 Å². The minimum atomic E-state index is 1.27. The van der Waals surface area contributed by atoms with Gasteiger partial charge in [-0.3, -0.25) is 0 Å². The van der Waals surface area contributed by atoms with Crippen molar-refractivity contribution in [1.29, 1.82) is 0 Å². The Labute approximate surface area is 119 Å². The van der Waals surface area contributed by atoms with Crippen LogP contribution in [0.3, 0.4) is 0 Å². The smallest absolute Gasteiger partial charge is 0.00992 e. The fourth-order valence-electron chi connectivity index (χ4n) is 2.92. The van der Waals surface area contributed by atoms with Crippen LogP contribution in [0.1, 0.15) is 11.1 Å². The molecule has 0 N–H and O–H groups in total. The molecule has 2 aromatic carbocycles. The van der Waals surface area contributed by atoms with Gasteiger partial charge in [0.05, 0.1) is 0 Å². The highest BCUT2D eigenvalue weighted by Crippen LogP contribution is 2.40. The second-order valence-electron chi connectivity index (χ2n) is 5.06. The molecule has 0 saturated carbocycles. The Kier molecular flexibility index (Phi) is 2.53. The van der Waals surface area contributed by atoms with E-state index in [1.165, 1.54) is 33.4 Å². The monoisotopic (exact) mass is 254 g/mol. The highest BCUT2D eigenvalue weighted by molar-refractivity contribution is 5.99. The number of fused-ring (bicyclic) bond motifs is 5. The van der Waals surface area contributed by atoms with Gasteiger partial charge in [-0.2, -0.15) is 0 Å². The topological polar surface area (TPSA) is 0 Å². The summed E-state index contributed by atoms with van der Waals surface area (Å²) in [5.74, 6) is 0. The van der Waals surface area contributed by atoms with Crippen LogP contribution in [0, 0.1) is 0 Å². The quantitative estimate of drug-likeness (QED) is 0.601. The fraction of sp³-hybridized carbons (Fsp3) is 0. The summed E-state index contributed by atoms with van der Waals surface area (Å²) in [4.78, 5) is 0. The molecular weight excluding hydrogens is 240 g/mol. The number of rotatable bonds is 0. The van der Waals surface area contributed by atoms with Crippen LogP contribution in [0.25, 0.3) is 22.8 Å². The average molecular weight is 254 g/mol. The van der Waals surface area contributed by atoms with E-state index >= 15 is 0 Å². The van der Waals surface area contributed by atoms with E-state index in [2.05, 4.69) is 85.0 Å². The Morgan fingerprint density at radius 3 is 2.25 bits per heavy atom. The third-order valence-electron chi connectivity index (χ3n) is 3.85. The van der Waals surface area contributed by atoms with Crippen LogP contribution in [0.5, 0.6) is 0 Å². The minimum Gasteiger partial charge on any atom is -0.0622 e. The van der Waals surface area contributed by atoms with Crippen LogP contribution in [-0.4, -0.2) is 0 Å². The van der Waals surface area contributed by atoms with Gasteiger partial charge in [-0.25, -0.2) is 0 Å². The molecule has 0 unspecified atom stereocenters. The van der Waals surface area contributed by atoms with Gasteiger partial charge in [0.15, 0.2) is 0 Å². The van der Waals surface area contributed by atoms with Crippen molar-refractivity contribution in [3.05, 3.63) is 95.6 Å². The van der Waals surface area contributed by atoms with E-state index in [4.69, 9.17) is 0 Å². The van der Waals surface area contributed by atoms with Crippen LogP contribution in [-0.2, 0) is 0 Å². The highest BCUT2D eigenvalue weighted by atomic mass is 14.2. The molecule has 0 atom stereocenters. The molecule has 0 bridgehead atoms. The molecule has 0 amide bonds. The van der Waals surface area contributed by atoms with Gasteiger partial charge >= 0.3 is 0 Å². The average Bonchev–Trinajstić information content (AvgIpc) is 2.79. The molecule has 0 saturated heterocycles. The first-order valence-electron chi connectivity index (χ1n) is 6.89. The Balaban J connectivity index is 2.12. The van der Waals surface area contributed by atoms with Crippen LogP contribution in [0.2, 0.25) is 0 Å². The zero-order valence-corrected chi connectivity index (χ0v) is 11.1. The van der Waals surface area contributed by atoms with E-state index in [-0.39, 0.29) is 0 Å². The van der Waals surface area contributed by atoms with Gasteiger partial charge in [0.1, 0.15) is 0 Å². The van der Waals surface area contributed by atoms with E-state index in [0.717, 1.165) is 0 Å². The zero-order chi connectivity index (χ0) is 13.4. The molecule has 2 aromatic rings. The number of allylic oxidation sites excluding steroid dienone is 7. The van der Waals surface area contributed by atoms with Crippen LogP contribution < -0.4 is 0 Å². The van der Waals surface area contributed by atoms with Crippen molar-refractivity contribution in [2.75, 3.05) is 0 Å². The summed E-state index contributed by atoms with van der Waals surface area (Å²) in [7, 11) is 0. The second kappa shape index (κ2) is 4.50. The maximum atomic E-state index is 2.28. The Morgan fingerprint density at radius 1 is 0.600 bits per heavy atom. The van der Waals surface area contributed by atoms with Crippen LogP contribution >= 0.6 is 0 Å². The van der Waals surface area contributed by atoms with E-state index < -0.39 is 0 Å². The summed E-state index contributed by atoms with van der Waals surface area (Å²) in [6, 6.07) is 17.3. The number of benzene rings is 2. The van der Waals surface area contributed by atoms with Crippen molar-refractivity contribution >= 4 is 11.6 Å². The Hall–Kier alpha value is -2.60. The van der Waals surface area contributed by atoms with Gasteiger partial charge in [-0.1, -0.05) is 78.9 Å². The first kappa shape index (κ1) is 11.2. The molecule has 0 spiro atoms. The second-order valence-corrected chi connectivity index (χ2v) is 5.06. The third kappa shape index (κ3) is 1.70. The Bertz CT molecular complexity index is 798. The first-order chi connectivity index (χ1) is 9.93. The van der Waals surface area contributed by atoms with Crippen molar-refractivity contribution in [3.63, 3.8) is 0 Å². The van der Waals surface area contributed by atoms with Crippen LogP contribution in [0.15, 0.2) is 84.5 Å². The third-order valence-corrected chi connectivity index (χ3v) is 3.85. The van der Waals surface area contributed by atoms with Gasteiger partial charge in [-0.15, -0.1) is 0 Å². The molecule has 94 valence electrons. The molecule has 0 fully saturated rings. The normalized spacial score (nSPS) is 15.2. The van der Waals surface area contributed by atoms with E-state index in [0.29, 0.717) is 0 Å². The maximum absolute atomic E-state index is 2.28. The molecule has 0 aromatic heterocycles. The summed E-state index contributed by atoms with van der Waals surface area (Å²) in [6.45, 7) is 0. The fourth-order valence-corrected chi connectivity index (χ4v) is 2.92. The number of hydrogen-bond acceptors (Lipinski definition) is 0. The highest BCUT2D eigenvalue weighted by Gasteiger charge is 2.17. The summed E-state index contributed by atoms with van der Waals surface area (Å²) >= 11 is 0. The zero-order valence-electron chi connectivity index (χ0n) is 11.1. The predicted molar refractivity (Wildman–Crippen MR) is 86.1 cm³/mol. The van der Waals surface area contributed by atoms with Gasteiger partial charge in [-0.05, 0) is 39.5 Å². The molecule has 0 aliphatic heterocycles. The first-order valence-corrected chi connectivity index (χ1v) is 6.89. The van der Waals surface area contributed by atoms with E-state index in [1.54, 1.807) is 0 Å². The lowest BCUT2D eigenvalue weighted by atomic mass is 9.93. The SMILES string of the molecule is C1=CC=C2C(=Cc3ccccc3-c3ccccc32)C=C1. The molecule has 0 radical (unpaired) electrons. The standard InChI is InChI=1S/C20H14/c1-2-8-15-14-16-9-4-5-11-18(16)20-13-7-6-12-19(20)17(15)10-3-1/h1-14H. The van der Waals surface area contributed by atoms with E-state index in [9.17, 15) is 0 Å². The van der Waals surface area contributed by atoms with Gasteiger partial charge in [0.2, 0.25) is 0 Å². The molecule has 20 heavy (non-hydrogen) atoms. The molecule has 0 heterocycles. The lowest BCUT2D eigenvalue weighted by Crippen LogP contribution is -1.88. The lowest BCUT2D eigenvalue weighted by Gasteiger charge is -2.11. The van der Waals surface area contributed by atoms with Gasteiger partial charge < -0.3 is 0 Å². The number of hydrogen-bond donors (Lipinski definition) is 0. The molecule has 4 rings (SSSR count). The predicted octanol–water partition coefficient (Wildman–Crippen LogP) is 5.26. The van der Waals surface area contributed by atoms with E-state index in [1.807, 2.05) is 0 Å². The summed E-state index contributed by atoms with van der Waals surface area (Å²) < 4.78 is 0. The van der Waals surface area contributed by atoms with Crippen molar-refractivity contribution in [3.8, 4) is 11.1 Å². The summed E-state index contributed by atoms with van der Waals surface area (Å²) in [5.41, 5.74) is 7.77. The van der Waals surface area contributed by atoms with Crippen molar-refractivity contribution in [2.24, 2.45) is 0 Å². The molecule has 2 aliphatic rings. The minimum absolute atomic E-state index is 1.27. The molecular formula is C20H14. The molecule has 2 aliphatic carbocycles. The lowest BCUT2D eigenvalue weighted by molar-refractivity contribution is 1.57. The molecule has 0 nitrogen and oxygen atoms in total. The molecule has 0 heteroatoms. The largest absolute Gasteiger partial charge is 0.0622 e. The van der Waals surface area contributed by atoms with Crippen LogP contribution in [0.4, 0.5) is 0 Å². The van der Waals surface area contributed by atoms with Gasteiger partial charge in [0, 0.05) is 0 Å². The summed E-state index contributed by atoms with van der Waals surface area (Å²) in [6.07, 6.45) is 13.0.